The monoisotopic (exact) mass is 418 g/mol. The Morgan fingerprint density at radius 1 is 1.18 bits per heavy atom. The van der Waals surface area contributed by atoms with Gasteiger partial charge in [0.05, 0.1) is 12.6 Å². The van der Waals surface area contributed by atoms with Crippen LogP contribution in [0.15, 0.2) is 12.5 Å². The molecule has 0 atom stereocenters. The molecule has 0 unspecified atom stereocenters. The summed E-state index contributed by atoms with van der Waals surface area (Å²) in [6.07, 6.45) is -0.254. The van der Waals surface area contributed by atoms with Crippen LogP contribution in [0.25, 0.3) is 11.4 Å². The summed E-state index contributed by atoms with van der Waals surface area (Å²) in [5.41, 5.74) is -0.535. The third kappa shape index (κ3) is 4.27. The van der Waals surface area contributed by atoms with E-state index in [0.717, 1.165) is 12.5 Å². The van der Waals surface area contributed by atoms with Crippen molar-refractivity contribution in [1.82, 2.24) is 23.8 Å². The van der Waals surface area contributed by atoms with Crippen LogP contribution in [0.1, 0.15) is 24.1 Å². The number of aryl methyl sites for hydroxylation is 1. The second-order valence-corrected chi connectivity index (χ2v) is 8.81. The van der Waals surface area contributed by atoms with E-state index < -0.39 is 21.8 Å². The maximum Gasteiger partial charge on any atom is 0.420 e. The number of nitrogens with zero attached hydrogens (tertiary/aromatic N) is 5. The Labute approximate surface area is 160 Å². The van der Waals surface area contributed by atoms with Gasteiger partial charge in [-0.2, -0.15) is 13.2 Å². The fourth-order valence-electron chi connectivity index (χ4n) is 3.08. The van der Waals surface area contributed by atoms with Crippen LogP contribution in [0.4, 0.5) is 19.1 Å². The highest BCUT2D eigenvalue weighted by Crippen LogP contribution is 2.36. The molecule has 1 aliphatic rings. The summed E-state index contributed by atoms with van der Waals surface area (Å²) in [6.45, 7) is 2.34. The maximum absolute atomic E-state index is 13.4. The maximum atomic E-state index is 13.4. The molecule has 28 heavy (non-hydrogen) atoms. The Bertz CT molecular complexity index is 965. The van der Waals surface area contributed by atoms with Crippen LogP contribution in [0.2, 0.25) is 0 Å². The minimum absolute atomic E-state index is 0.0610. The summed E-state index contributed by atoms with van der Waals surface area (Å²) >= 11 is 0. The van der Waals surface area contributed by atoms with Crippen molar-refractivity contribution in [2.45, 2.75) is 32.0 Å². The molecule has 0 amide bonds. The van der Waals surface area contributed by atoms with Gasteiger partial charge in [0.15, 0.2) is 0 Å². The normalized spacial score (nSPS) is 17.1. The number of halogens is 3. The fraction of sp³-hybridized carbons (Fsp3) is 0.562. The van der Waals surface area contributed by atoms with Gasteiger partial charge in [-0.05, 0) is 19.8 Å². The average molecular weight is 418 g/mol. The minimum Gasteiger partial charge on any atom is -0.351 e. The van der Waals surface area contributed by atoms with Crippen molar-refractivity contribution < 1.29 is 21.6 Å². The molecule has 1 N–H and O–H groups in total. The van der Waals surface area contributed by atoms with Crippen molar-refractivity contribution in [3.8, 4) is 11.4 Å². The average Bonchev–Trinajstić information content (AvgIpc) is 2.93. The number of hydrogen-bond donors (Lipinski definition) is 1. The molecule has 3 rings (SSSR count). The molecule has 2 aromatic heterocycles. The number of rotatable bonds is 4. The van der Waals surface area contributed by atoms with Gasteiger partial charge < -0.3 is 9.88 Å². The summed E-state index contributed by atoms with van der Waals surface area (Å²) in [5.74, 6) is 0.0610. The van der Waals surface area contributed by atoms with Crippen molar-refractivity contribution in [1.29, 1.82) is 0 Å². The molecule has 3 heterocycles. The zero-order valence-electron chi connectivity index (χ0n) is 15.7. The van der Waals surface area contributed by atoms with Crippen molar-refractivity contribution in [2.75, 3.05) is 24.7 Å². The minimum atomic E-state index is -4.61. The van der Waals surface area contributed by atoms with E-state index in [4.69, 9.17) is 0 Å². The summed E-state index contributed by atoms with van der Waals surface area (Å²) < 4.78 is 66.4. The molecule has 8 nitrogen and oxygen atoms in total. The second kappa shape index (κ2) is 7.32. The van der Waals surface area contributed by atoms with E-state index in [-0.39, 0.29) is 23.4 Å². The predicted molar refractivity (Wildman–Crippen MR) is 97.0 cm³/mol. The molecular formula is C16H21F3N6O2S. The summed E-state index contributed by atoms with van der Waals surface area (Å²) in [5, 5.41) is 3.02. The van der Waals surface area contributed by atoms with Crippen LogP contribution in [-0.2, 0) is 23.2 Å². The van der Waals surface area contributed by atoms with Gasteiger partial charge in [0.2, 0.25) is 16.0 Å². The zero-order valence-corrected chi connectivity index (χ0v) is 16.5. The standard InChI is InChI=1S/C16H21F3N6O2S/c1-10-13(21-9-24(10)2)14-12(16(17,18)19)8-20-15(23-14)22-11-4-6-25(7-5-11)28(3,26)27/h8-9,11H,4-7H2,1-3H3,(H,20,22,23). The van der Waals surface area contributed by atoms with Gasteiger partial charge in [-0.3, -0.25) is 0 Å². The van der Waals surface area contributed by atoms with Gasteiger partial charge in [-0.25, -0.2) is 27.7 Å². The highest BCUT2D eigenvalue weighted by atomic mass is 32.2. The third-order valence-electron chi connectivity index (χ3n) is 4.81. The lowest BCUT2D eigenvalue weighted by Gasteiger charge is -2.30. The highest BCUT2D eigenvalue weighted by Gasteiger charge is 2.37. The van der Waals surface area contributed by atoms with E-state index in [9.17, 15) is 21.6 Å². The first-order chi connectivity index (χ1) is 13.0. The Morgan fingerprint density at radius 3 is 2.32 bits per heavy atom. The molecule has 154 valence electrons. The van der Waals surface area contributed by atoms with Crippen LogP contribution < -0.4 is 5.32 Å². The van der Waals surface area contributed by atoms with Crippen molar-refractivity contribution in [3.63, 3.8) is 0 Å². The lowest BCUT2D eigenvalue weighted by atomic mass is 10.1. The fourth-order valence-corrected chi connectivity index (χ4v) is 3.95. The number of sulfonamides is 1. The van der Waals surface area contributed by atoms with Gasteiger partial charge in [0.25, 0.3) is 0 Å². The Hall–Kier alpha value is -2.21. The summed E-state index contributed by atoms with van der Waals surface area (Å²) in [7, 11) is -1.56. The third-order valence-corrected chi connectivity index (χ3v) is 6.11. The number of piperidine rings is 1. The smallest absolute Gasteiger partial charge is 0.351 e. The van der Waals surface area contributed by atoms with Crippen LogP contribution in [-0.4, -0.2) is 57.6 Å². The molecule has 12 heteroatoms. The van der Waals surface area contributed by atoms with Crippen LogP contribution >= 0.6 is 0 Å². The highest BCUT2D eigenvalue weighted by molar-refractivity contribution is 7.88. The Morgan fingerprint density at radius 2 is 1.82 bits per heavy atom. The van der Waals surface area contributed by atoms with Crippen molar-refractivity contribution >= 4 is 16.0 Å². The molecule has 0 aliphatic carbocycles. The number of alkyl halides is 3. The van der Waals surface area contributed by atoms with E-state index in [1.54, 1.807) is 18.5 Å². The predicted octanol–water partition coefficient (Wildman–Crippen LogP) is 2.04. The van der Waals surface area contributed by atoms with Crippen molar-refractivity contribution in [3.05, 3.63) is 23.8 Å². The van der Waals surface area contributed by atoms with Gasteiger partial charge in [-0.1, -0.05) is 0 Å². The molecule has 0 saturated carbocycles. The Balaban J connectivity index is 1.86. The molecule has 0 radical (unpaired) electrons. The Kier molecular flexibility index (Phi) is 5.36. The SMILES string of the molecule is Cc1c(-c2nc(NC3CCN(S(C)(=O)=O)CC3)ncc2C(F)(F)F)ncn1C. The van der Waals surface area contributed by atoms with Gasteiger partial charge in [0.1, 0.15) is 17.0 Å². The number of nitrogens with one attached hydrogen (secondary N) is 1. The molecule has 0 bridgehead atoms. The first-order valence-electron chi connectivity index (χ1n) is 8.61. The molecule has 1 fully saturated rings. The second-order valence-electron chi connectivity index (χ2n) is 6.82. The van der Waals surface area contributed by atoms with Crippen LogP contribution in [0.5, 0.6) is 0 Å². The summed E-state index contributed by atoms with van der Waals surface area (Å²) in [4.78, 5) is 12.0. The number of hydrogen-bond acceptors (Lipinski definition) is 6. The lowest BCUT2D eigenvalue weighted by Crippen LogP contribution is -2.42. The topological polar surface area (TPSA) is 93.0 Å². The van der Waals surface area contributed by atoms with Crippen molar-refractivity contribution in [2.24, 2.45) is 7.05 Å². The molecular weight excluding hydrogens is 397 g/mol. The van der Waals surface area contributed by atoms with Gasteiger partial charge in [-0.15, -0.1) is 0 Å². The largest absolute Gasteiger partial charge is 0.420 e. The van der Waals surface area contributed by atoms with E-state index in [2.05, 4.69) is 20.3 Å². The quantitative estimate of drug-likeness (QED) is 0.817. The zero-order chi connectivity index (χ0) is 20.7. The number of imidazole rings is 1. The van der Waals surface area contributed by atoms with E-state index in [0.29, 0.717) is 31.6 Å². The van der Waals surface area contributed by atoms with E-state index >= 15 is 0 Å². The molecule has 0 spiro atoms. The van der Waals surface area contributed by atoms with Crippen LogP contribution in [0.3, 0.4) is 0 Å². The van der Waals surface area contributed by atoms with Gasteiger partial charge in [0, 0.05) is 38.1 Å². The molecule has 1 aliphatic heterocycles. The van der Waals surface area contributed by atoms with Crippen LogP contribution in [0, 0.1) is 6.92 Å². The number of aromatic nitrogens is 4. The van der Waals surface area contributed by atoms with Gasteiger partial charge >= 0.3 is 6.18 Å². The molecule has 1 saturated heterocycles. The molecule has 0 aromatic carbocycles. The number of anilines is 1. The first kappa shape index (κ1) is 20.5. The van der Waals surface area contributed by atoms with E-state index in [1.165, 1.54) is 10.6 Å². The summed E-state index contributed by atoms with van der Waals surface area (Å²) in [6, 6.07) is -0.132. The first-order valence-corrected chi connectivity index (χ1v) is 10.5. The lowest BCUT2D eigenvalue weighted by molar-refractivity contribution is -0.137. The molecule has 2 aromatic rings. The van der Waals surface area contributed by atoms with E-state index in [1.807, 2.05) is 0 Å².